The lowest BCUT2D eigenvalue weighted by Crippen LogP contribution is -2.52. The van der Waals surface area contributed by atoms with E-state index in [2.05, 4.69) is 0 Å². The first-order valence-corrected chi connectivity index (χ1v) is 13.2. The molecule has 2 aliphatic rings. The number of hydrogen-bond acceptors (Lipinski definition) is 4. The maximum absolute atomic E-state index is 13.4. The van der Waals surface area contributed by atoms with Gasteiger partial charge in [0.05, 0.1) is 11.6 Å². The largest absolute Gasteiger partial charge is 0.487 e. The van der Waals surface area contributed by atoms with Gasteiger partial charge < -0.3 is 19.3 Å². The Balaban J connectivity index is 1.57. The predicted molar refractivity (Wildman–Crippen MR) is 137 cm³/mol. The SMILES string of the molecule is CCN1CCCCCN(C(=O)COc2ccc(Cl)cc2)[C@@H]2CCCC[C@@H]2Oc2ccccc2C1=O. The lowest BCUT2D eigenvalue weighted by Gasteiger charge is -2.40. The fourth-order valence-electron chi connectivity index (χ4n) is 5.05. The minimum atomic E-state index is -0.159. The van der Waals surface area contributed by atoms with Gasteiger partial charge in [-0.1, -0.05) is 30.2 Å². The summed E-state index contributed by atoms with van der Waals surface area (Å²) in [5.74, 6) is 1.21. The fourth-order valence-corrected chi connectivity index (χ4v) is 5.18. The molecule has 0 aromatic heterocycles. The van der Waals surface area contributed by atoms with Crippen molar-refractivity contribution < 1.29 is 19.1 Å². The monoisotopic (exact) mass is 498 g/mol. The van der Waals surface area contributed by atoms with Gasteiger partial charge in [-0.25, -0.2) is 0 Å². The van der Waals surface area contributed by atoms with Gasteiger partial charge in [-0.05, 0) is 81.8 Å². The highest BCUT2D eigenvalue weighted by molar-refractivity contribution is 6.30. The van der Waals surface area contributed by atoms with Crippen LogP contribution in [0.3, 0.4) is 0 Å². The van der Waals surface area contributed by atoms with E-state index in [4.69, 9.17) is 21.1 Å². The molecule has 0 unspecified atom stereocenters. The number of ether oxygens (including phenoxy) is 2. The topological polar surface area (TPSA) is 59.1 Å². The molecular formula is C28H35ClN2O4. The number of halogens is 1. The molecule has 188 valence electrons. The second kappa shape index (κ2) is 12.3. The van der Waals surface area contributed by atoms with Gasteiger partial charge in [-0.2, -0.15) is 0 Å². The maximum Gasteiger partial charge on any atom is 0.260 e. The van der Waals surface area contributed by atoms with E-state index in [1.165, 1.54) is 0 Å². The molecule has 0 N–H and O–H groups in total. The third-order valence-corrected chi connectivity index (χ3v) is 7.21. The summed E-state index contributed by atoms with van der Waals surface area (Å²) in [7, 11) is 0. The third kappa shape index (κ3) is 6.49. The van der Waals surface area contributed by atoms with E-state index in [-0.39, 0.29) is 30.6 Å². The number of fused-ring (bicyclic) bond motifs is 2. The lowest BCUT2D eigenvalue weighted by molar-refractivity contribution is -0.139. The first-order valence-electron chi connectivity index (χ1n) is 12.8. The van der Waals surface area contributed by atoms with Gasteiger partial charge in [0.2, 0.25) is 0 Å². The van der Waals surface area contributed by atoms with Crippen molar-refractivity contribution in [2.24, 2.45) is 0 Å². The van der Waals surface area contributed by atoms with Gasteiger partial charge in [0.1, 0.15) is 17.6 Å². The van der Waals surface area contributed by atoms with Crippen LogP contribution in [0.1, 0.15) is 62.2 Å². The Morgan fingerprint density at radius 2 is 1.74 bits per heavy atom. The zero-order valence-electron chi connectivity index (χ0n) is 20.5. The summed E-state index contributed by atoms with van der Waals surface area (Å²) in [5, 5.41) is 0.630. The molecule has 0 saturated heterocycles. The van der Waals surface area contributed by atoms with Gasteiger partial charge >= 0.3 is 0 Å². The van der Waals surface area contributed by atoms with Gasteiger partial charge in [0.15, 0.2) is 6.61 Å². The van der Waals surface area contributed by atoms with Crippen LogP contribution in [0.15, 0.2) is 48.5 Å². The standard InChI is InChI=1S/C28H35ClN2O4/c1-2-30-18-8-3-9-19-31(27(32)20-34-22-16-14-21(29)15-17-22)24-11-5-7-13-26(24)35-25-12-6-4-10-23(25)28(30)33/h4,6,10,12,14-17,24,26H,2-3,5,7-9,11,13,18-20H2,1H3/t24-,26+/m1/s1. The molecule has 2 aromatic carbocycles. The third-order valence-electron chi connectivity index (χ3n) is 6.96. The van der Waals surface area contributed by atoms with Crippen molar-refractivity contribution in [3.63, 3.8) is 0 Å². The Morgan fingerprint density at radius 3 is 2.54 bits per heavy atom. The van der Waals surface area contributed by atoms with Crippen LogP contribution in [-0.4, -0.2) is 60.0 Å². The van der Waals surface area contributed by atoms with Crippen LogP contribution in [0.2, 0.25) is 5.02 Å². The van der Waals surface area contributed by atoms with E-state index >= 15 is 0 Å². The van der Waals surface area contributed by atoms with E-state index in [0.29, 0.717) is 41.7 Å². The average Bonchev–Trinajstić information content (AvgIpc) is 2.89. The van der Waals surface area contributed by atoms with Gasteiger partial charge in [-0.3, -0.25) is 9.59 Å². The molecule has 7 heteroatoms. The second-order valence-electron chi connectivity index (χ2n) is 9.28. The van der Waals surface area contributed by atoms with Gasteiger partial charge in [-0.15, -0.1) is 0 Å². The molecule has 2 atom stereocenters. The van der Waals surface area contributed by atoms with Gasteiger partial charge in [0.25, 0.3) is 11.8 Å². The summed E-state index contributed by atoms with van der Waals surface area (Å²) >= 11 is 5.97. The molecular weight excluding hydrogens is 464 g/mol. The van der Waals surface area contributed by atoms with E-state index in [9.17, 15) is 9.59 Å². The van der Waals surface area contributed by atoms with Crippen LogP contribution in [0, 0.1) is 0 Å². The molecule has 1 saturated carbocycles. The maximum atomic E-state index is 13.4. The van der Waals surface area contributed by atoms with Crippen LogP contribution in [0.25, 0.3) is 0 Å². The average molecular weight is 499 g/mol. The normalized spacial score (nSPS) is 21.5. The number of carbonyl (C=O) groups excluding carboxylic acids is 2. The molecule has 2 amide bonds. The Hall–Kier alpha value is -2.73. The number of para-hydroxylation sites is 1. The zero-order valence-corrected chi connectivity index (χ0v) is 21.2. The van der Waals surface area contributed by atoms with Crippen LogP contribution < -0.4 is 9.47 Å². The van der Waals surface area contributed by atoms with Crippen molar-refractivity contribution in [1.29, 1.82) is 0 Å². The number of amides is 2. The number of benzene rings is 2. The highest BCUT2D eigenvalue weighted by Crippen LogP contribution is 2.31. The first-order chi connectivity index (χ1) is 17.1. The summed E-state index contributed by atoms with van der Waals surface area (Å²) in [6, 6.07) is 14.5. The first kappa shape index (κ1) is 25.4. The minimum absolute atomic E-state index is 0.0130. The quantitative estimate of drug-likeness (QED) is 0.551. The number of carbonyl (C=O) groups is 2. The molecule has 1 aliphatic carbocycles. The zero-order chi connectivity index (χ0) is 24.6. The molecule has 2 aromatic rings. The molecule has 6 nitrogen and oxygen atoms in total. The molecule has 0 bridgehead atoms. The molecule has 0 spiro atoms. The summed E-state index contributed by atoms with van der Waals surface area (Å²) in [5.41, 5.74) is 0.599. The molecule has 1 aliphatic heterocycles. The van der Waals surface area contributed by atoms with E-state index < -0.39 is 0 Å². The summed E-state index contributed by atoms with van der Waals surface area (Å²) in [6.07, 6.45) is 6.41. The lowest BCUT2D eigenvalue weighted by atomic mass is 9.90. The number of nitrogens with zero attached hydrogens (tertiary/aromatic N) is 2. The molecule has 1 fully saturated rings. The van der Waals surface area contributed by atoms with Crippen LogP contribution in [0.5, 0.6) is 11.5 Å². The highest BCUT2D eigenvalue weighted by Gasteiger charge is 2.35. The summed E-state index contributed by atoms with van der Waals surface area (Å²) in [4.78, 5) is 30.6. The van der Waals surface area contributed by atoms with Crippen molar-refractivity contribution in [1.82, 2.24) is 9.80 Å². The molecule has 35 heavy (non-hydrogen) atoms. The van der Waals surface area contributed by atoms with E-state index in [1.807, 2.05) is 41.0 Å². The fraction of sp³-hybridized carbons (Fsp3) is 0.500. The number of rotatable bonds is 4. The Bertz CT molecular complexity index is 997. The minimum Gasteiger partial charge on any atom is -0.487 e. The second-order valence-corrected chi connectivity index (χ2v) is 9.72. The van der Waals surface area contributed by atoms with Crippen LogP contribution in [0.4, 0.5) is 0 Å². The Labute approximate surface area is 213 Å². The van der Waals surface area contributed by atoms with Crippen molar-refractivity contribution >= 4 is 23.4 Å². The Morgan fingerprint density at radius 1 is 1.00 bits per heavy atom. The molecule has 0 radical (unpaired) electrons. The van der Waals surface area contributed by atoms with E-state index in [1.54, 1.807) is 24.3 Å². The number of hydrogen-bond donors (Lipinski definition) is 0. The van der Waals surface area contributed by atoms with E-state index in [0.717, 1.165) is 44.9 Å². The predicted octanol–water partition coefficient (Wildman–Crippen LogP) is 5.58. The van der Waals surface area contributed by atoms with Crippen molar-refractivity contribution in [2.45, 2.75) is 64.0 Å². The highest BCUT2D eigenvalue weighted by atomic mass is 35.5. The van der Waals surface area contributed by atoms with Crippen LogP contribution >= 0.6 is 11.6 Å². The molecule has 1 heterocycles. The summed E-state index contributed by atoms with van der Waals surface area (Å²) in [6.45, 7) is 4.01. The van der Waals surface area contributed by atoms with Gasteiger partial charge in [0, 0.05) is 24.7 Å². The Kier molecular flexibility index (Phi) is 8.91. The van der Waals surface area contributed by atoms with Crippen molar-refractivity contribution in [2.75, 3.05) is 26.2 Å². The van der Waals surface area contributed by atoms with Crippen LogP contribution in [-0.2, 0) is 4.79 Å². The summed E-state index contributed by atoms with van der Waals surface area (Å²) < 4.78 is 12.3. The van der Waals surface area contributed by atoms with Crippen molar-refractivity contribution in [3.05, 3.63) is 59.1 Å². The molecule has 4 rings (SSSR count). The smallest absolute Gasteiger partial charge is 0.260 e. The van der Waals surface area contributed by atoms with Crippen molar-refractivity contribution in [3.8, 4) is 11.5 Å².